The molecule has 0 saturated carbocycles. The minimum Gasteiger partial charge on any atom is -0.384 e. The average Bonchev–Trinajstić information content (AvgIpc) is 2.41. The van der Waals surface area contributed by atoms with Crippen LogP contribution in [0.4, 0.5) is 0 Å². The molecule has 0 heterocycles. The second-order valence-electron chi connectivity index (χ2n) is 4.41. The standard InChI is InChI=1S/C14H18N2O4S/c1-11-5-6-12(4-3-9-17)10-13(11)14(18)15-7-8-16-21(2,19)20/h5-6,10,16-17H,7-9H2,1-2H3,(H,15,18). The van der Waals surface area contributed by atoms with E-state index < -0.39 is 10.0 Å². The zero-order chi connectivity index (χ0) is 15.9. The first kappa shape index (κ1) is 17.2. The van der Waals surface area contributed by atoms with E-state index in [1.54, 1.807) is 25.1 Å². The number of carbonyl (C=O) groups excluding carboxylic acids is 1. The van der Waals surface area contributed by atoms with Crippen molar-refractivity contribution in [3.05, 3.63) is 34.9 Å². The highest BCUT2D eigenvalue weighted by molar-refractivity contribution is 7.88. The summed E-state index contributed by atoms with van der Waals surface area (Å²) in [4.78, 5) is 12.0. The van der Waals surface area contributed by atoms with Gasteiger partial charge in [-0.05, 0) is 24.6 Å². The Morgan fingerprint density at radius 3 is 2.67 bits per heavy atom. The molecule has 0 saturated heterocycles. The minimum atomic E-state index is -3.26. The SMILES string of the molecule is Cc1ccc(C#CCO)cc1C(=O)NCCNS(C)(=O)=O. The number of aryl methyl sites for hydroxylation is 1. The van der Waals surface area contributed by atoms with Gasteiger partial charge in [-0.15, -0.1) is 0 Å². The van der Waals surface area contributed by atoms with Crippen LogP contribution in [0.25, 0.3) is 0 Å². The number of hydrogen-bond acceptors (Lipinski definition) is 4. The number of rotatable bonds is 5. The third kappa shape index (κ3) is 6.40. The summed E-state index contributed by atoms with van der Waals surface area (Å²) in [6.45, 7) is 1.88. The van der Waals surface area contributed by atoms with Crippen molar-refractivity contribution >= 4 is 15.9 Å². The number of hydrogen-bond donors (Lipinski definition) is 3. The number of aliphatic hydroxyl groups is 1. The fourth-order valence-corrected chi connectivity index (χ4v) is 2.07. The molecule has 0 fully saturated rings. The third-order valence-electron chi connectivity index (χ3n) is 2.57. The molecule has 0 atom stereocenters. The van der Waals surface area contributed by atoms with E-state index in [1.807, 2.05) is 0 Å². The lowest BCUT2D eigenvalue weighted by Crippen LogP contribution is -2.34. The highest BCUT2D eigenvalue weighted by atomic mass is 32.2. The van der Waals surface area contributed by atoms with Gasteiger partial charge in [0.1, 0.15) is 6.61 Å². The molecule has 21 heavy (non-hydrogen) atoms. The maximum atomic E-state index is 12.0. The van der Waals surface area contributed by atoms with E-state index in [1.165, 1.54) is 0 Å². The van der Waals surface area contributed by atoms with Crippen LogP contribution in [0.15, 0.2) is 18.2 Å². The van der Waals surface area contributed by atoms with Crippen LogP contribution in [0.3, 0.4) is 0 Å². The second-order valence-corrected chi connectivity index (χ2v) is 6.25. The number of amides is 1. The van der Waals surface area contributed by atoms with Gasteiger partial charge in [0, 0.05) is 24.2 Å². The Bertz CT molecular complexity index is 672. The Morgan fingerprint density at radius 2 is 2.05 bits per heavy atom. The van der Waals surface area contributed by atoms with Crippen molar-refractivity contribution in [2.24, 2.45) is 0 Å². The van der Waals surface area contributed by atoms with Crippen molar-refractivity contribution in [1.29, 1.82) is 0 Å². The van der Waals surface area contributed by atoms with Crippen LogP contribution in [0.5, 0.6) is 0 Å². The number of benzene rings is 1. The largest absolute Gasteiger partial charge is 0.384 e. The molecule has 7 heteroatoms. The van der Waals surface area contributed by atoms with E-state index in [4.69, 9.17) is 5.11 Å². The summed E-state index contributed by atoms with van der Waals surface area (Å²) < 4.78 is 24.1. The molecule has 1 amide bonds. The van der Waals surface area contributed by atoms with Crippen molar-refractivity contribution in [2.75, 3.05) is 26.0 Å². The fraction of sp³-hybridized carbons (Fsp3) is 0.357. The highest BCUT2D eigenvalue weighted by Gasteiger charge is 2.09. The van der Waals surface area contributed by atoms with E-state index in [9.17, 15) is 13.2 Å². The molecule has 1 aromatic rings. The van der Waals surface area contributed by atoms with Crippen LogP contribution in [-0.4, -0.2) is 45.4 Å². The molecule has 0 aliphatic carbocycles. The van der Waals surface area contributed by atoms with E-state index in [-0.39, 0.29) is 25.6 Å². The van der Waals surface area contributed by atoms with Crippen molar-refractivity contribution in [3.8, 4) is 11.8 Å². The zero-order valence-electron chi connectivity index (χ0n) is 11.9. The van der Waals surface area contributed by atoms with E-state index in [0.717, 1.165) is 11.8 Å². The first-order valence-corrected chi connectivity index (χ1v) is 8.16. The van der Waals surface area contributed by atoms with Crippen molar-refractivity contribution in [1.82, 2.24) is 10.0 Å². The average molecular weight is 310 g/mol. The monoisotopic (exact) mass is 310 g/mol. The van der Waals surface area contributed by atoms with Gasteiger partial charge >= 0.3 is 0 Å². The van der Waals surface area contributed by atoms with Crippen molar-refractivity contribution in [2.45, 2.75) is 6.92 Å². The molecule has 1 aromatic carbocycles. The predicted octanol–water partition coefficient (Wildman–Crippen LogP) is -0.382. The van der Waals surface area contributed by atoms with Gasteiger partial charge < -0.3 is 10.4 Å². The van der Waals surface area contributed by atoms with Crippen LogP contribution in [0.1, 0.15) is 21.5 Å². The van der Waals surface area contributed by atoms with Crippen LogP contribution in [0.2, 0.25) is 0 Å². The molecule has 0 aliphatic heterocycles. The Labute approximate surface area is 124 Å². The molecule has 0 bridgehead atoms. The quantitative estimate of drug-likeness (QED) is 0.510. The molecule has 0 aliphatic rings. The molecule has 0 unspecified atom stereocenters. The molecule has 114 valence electrons. The van der Waals surface area contributed by atoms with E-state index >= 15 is 0 Å². The number of carbonyl (C=O) groups is 1. The number of nitrogens with one attached hydrogen (secondary N) is 2. The summed E-state index contributed by atoms with van der Waals surface area (Å²) in [6, 6.07) is 5.17. The zero-order valence-corrected chi connectivity index (χ0v) is 12.8. The minimum absolute atomic E-state index is 0.133. The Morgan fingerprint density at radius 1 is 1.33 bits per heavy atom. The van der Waals surface area contributed by atoms with Crippen molar-refractivity contribution < 1.29 is 18.3 Å². The topological polar surface area (TPSA) is 95.5 Å². The summed E-state index contributed by atoms with van der Waals surface area (Å²) in [5.74, 6) is 4.95. The Kier molecular flexibility index (Phi) is 6.37. The highest BCUT2D eigenvalue weighted by Crippen LogP contribution is 2.10. The van der Waals surface area contributed by atoms with Crippen LogP contribution < -0.4 is 10.0 Å². The summed E-state index contributed by atoms with van der Waals surface area (Å²) in [5.41, 5.74) is 1.89. The lowest BCUT2D eigenvalue weighted by atomic mass is 10.0. The lowest BCUT2D eigenvalue weighted by molar-refractivity contribution is 0.0953. The predicted molar refractivity (Wildman–Crippen MR) is 80.3 cm³/mol. The summed E-state index contributed by atoms with van der Waals surface area (Å²) >= 11 is 0. The van der Waals surface area contributed by atoms with Gasteiger partial charge in [-0.25, -0.2) is 13.1 Å². The van der Waals surface area contributed by atoms with Gasteiger partial charge in [0.05, 0.1) is 6.26 Å². The molecule has 3 N–H and O–H groups in total. The third-order valence-corrected chi connectivity index (χ3v) is 3.30. The lowest BCUT2D eigenvalue weighted by Gasteiger charge is -2.08. The van der Waals surface area contributed by atoms with Crippen LogP contribution in [-0.2, 0) is 10.0 Å². The normalized spacial score (nSPS) is 10.6. The molecular weight excluding hydrogens is 292 g/mol. The fourth-order valence-electron chi connectivity index (χ4n) is 1.59. The molecular formula is C14H18N2O4S. The maximum Gasteiger partial charge on any atom is 0.251 e. The van der Waals surface area contributed by atoms with E-state index in [2.05, 4.69) is 21.9 Å². The first-order valence-electron chi connectivity index (χ1n) is 6.26. The van der Waals surface area contributed by atoms with E-state index in [0.29, 0.717) is 11.1 Å². The van der Waals surface area contributed by atoms with Crippen LogP contribution in [0, 0.1) is 18.8 Å². The summed E-state index contributed by atoms with van der Waals surface area (Å²) in [5, 5.41) is 11.3. The van der Waals surface area contributed by atoms with Crippen molar-refractivity contribution in [3.63, 3.8) is 0 Å². The molecule has 0 spiro atoms. The van der Waals surface area contributed by atoms with Gasteiger partial charge in [-0.2, -0.15) is 0 Å². The molecule has 6 nitrogen and oxygen atoms in total. The second kappa shape index (κ2) is 7.78. The van der Waals surface area contributed by atoms with Gasteiger partial charge in [-0.1, -0.05) is 17.9 Å². The Hall–Kier alpha value is -1.88. The van der Waals surface area contributed by atoms with Gasteiger partial charge in [0.2, 0.25) is 10.0 Å². The Balaban J connectivity index is 2.69. The molecule has 1 rings (SSSR count). The number of sulfonamides is 1. The maximum absolute atomic E-state index is 12.0. The smallest absolute Gasteiger partial charge is 0.251 e. The summed E-state index contributed by atoms with van der Waals surface area (Å²) in [6.07, 6.45) is 1.06. The molecule has 0 aromatic heterocycles. The summed E-state index contributed by atoms with van der Waals surface area (Å²) in [7, 11) is -3.26. The van der Waals surface area contributed by atoms with Gasteiger partial charge in [0.15, 0.2) is 0 Å². The van der Waals surface area contributed by atoms with Crippen LogP contribution >= 0.6 is 0 Å². The number of aliphatic hydroxyl groups excluding tert-OH is 1. The van der Waals surface area contributed by atoms with Gasteiger partial charge in [-0.3, -0.25) is 4.79 Å². The molecule has 0 radical (unpaired) electrons. The van der Waals surface area contributed by atoms with Gasteiger partial charge in [0.25, 0.3) is 5.91 Å². The first-order chi connectivity index (χ1) is 9.83.